The molecule has 1 atom stereocenters. The van der Waals surface area contributed by atoms with Gasteiger partial charge in [-0.2, -0.15) is 0 Å². The van der Waals surface area contributed by atoms with Crippen molar-refractivity contribution in [1.29, 1.82) is 0 Å². The van der Waals surface area contributed by atoms with Crippen molar-refractivity contribution in [3.8, 4) is 0 Å². The van der Waals surface area contributed by atoms with Crippen LogP contribution in [-0.4, -0.2) is 9.97 Å². The molecule has 0 aliphatic carbocycles. The first-order valence-electron chi connectivity index (χ1n) is 4.60. The van der Waals surface area contributed by atoms with Crippen LogP contribution in [0, 0.1) is 0 Å². The molecule has 2 rings (SSSR count). The molecule has 0 saturated heterocycles. The molecule has 84 valence electrons. The molecule has 0 aliphatic rings. The highest BCUT2D eigenvalue weighted by Crippen LogP contribution is 2.25. The second-order valence-corrected chi connectivity index (χ2v) is 5.11. The quantitative estimate of drug-likeness (QED) is 0.935. The van der Waals surface area contributed by atoms with Crippen LogP contribution in [0.1, 0.15) is 16.6 Å². The van der Waals surface area contributed by atoms with Crippen LogP contribution in [0.2, 0.25) is 10.0 Å². The summed E-state index contributed by atoms with van der Waals surface area (Å²) in [4.78, 5) is 9.26. The van der Waals surface area contributed by atoms with E-state index < -0.39 is 0 Å². The van der Waals surface area contributed by atoms with Gasteiger partial charge < -0.3 is 5.73 Å². The van der Waals surface area contributed by atoms with Crippen LogP contribution in [0.15, 0.2) is 24.0 Å². The number of pyridine rings is 1. The number of nitrogens with zero attached hydrogens (tertiary/aromatic N) is 2. The summed E-state index contributed by atoms with van der Waals surface area (Å²) in [6, 6.07) is 1.42. The number of hydrogen-bond acceptors (Lipinski definition) is 4. The summed E-state index contributed by atoms with van der Waals surface area (Å²) in [7, 11) is 0. The van der Waals surface area contributed by atoms with E-state index in [2.05, 4.69) is 9.97 Å². The Morgan fingerprint density at radius 3 is 2.81 bits per heavy atom. The van der Waals surface area contributed by atoms with Crippen molar-refractivity contribution < 1.29 is 0 Å². The maximum atomic E-state index is 6.03. The third-order valence-corrected chi connectivity index (χ3v) is 3.40. The molecule has 2 N–H and O–H groups in total. The van der Waals surface area contributed by atoms with Crippen LogP contribution >= 0.6 is 34.5 Å². The fourth-order valence-corrected chi connectivity index (χ4v) is 2.53. The van der Waals surface area contributed by atoms with Crippen LogP contribution in [0.25, 0.3) is 0 Å². The standard InChI is InChI=1S/C10H9Cl2N3S/c11-6-1-8(12)10(15-3-6)9(13)2-7-4-14-5-16-7/h1,3-5,9H,2,13H2. The first-order chi connectivity index (χ1) is 7.66. The summed E-state index contributed by atoms with van der Waals surface area (Å²) >= 11 is 13.4. The summed E-state index contributed by atoms with van der Waals surface area (Å²) < 4.78 is 0. The lowest BCUT2D eigenvalue weighted by Crippen LogP contribution is -2.14. The Morgan fingerprint density at radius 1 is 1.38 bits per heavy atom. The Hall–Kier alpha value is -0.680. The van der Waals surface area contributed by atoms with Crippen molar-refractivity contribution in [2.24, 2.45) is 5.73 Å². The van der Waals surface area contributed by atoms with E-state index in [9.17, 15) is 0 Å². The van der Waals surface area contributed by atoms with Gasteiger partial charge >= 0.3 is 0 Å². The number of rotatable bonds is 3. The van der Waals surface area contributed by atoms with Gasteiger partial charge in [-0.05, 0) is 6.07 Å². The molecule has 0 saturated carbocycles. The molecular formula is C10H9Cl2N3S. The van der Waals surface area contributed by atoms with Gasteiger partial charge in [-0.15, -0.1) is 11.3 Å². The molecule has 1 unspecified atom stereocenters. The van der Waals surface area contributed by atoms with Gasteiger partial charge in [0.15, 0.2) is 0 Å². The SMILES string of the molecule is NC(Cc1cncs1)c1ncc(Cl)cc1Cl. The normalized spacial score (nSPS) is 12.7. The van der Waals surface area contributed by atoms with E-state index in [-0.39, 0.29) is 6.04 Å². The molecule has 0 bridgehead atoms. The fourth-order valence-electron chi connectivity index (χ4n) is 1.35. The first-order valence-corrected chi connectivity index (χ1v) is 6.24. The number of nitrogens with two attached hydrogens (primary N) is 1. The Labute approximate surface area is 107 Å². The minimum absolute atomic E-state index is 0.231. The molecule has 0 radical (unpaired) electrons. The van der Waals surface area contributed by atoms with Gasteiger partial charge in [0.1, 0.15) is 0 Å². The van der Waals surface area contributed by atoms with Crippen LogP contribution in [0.3, 0.4) is 0 Å². The average molecular weight is 274 g/mol. The monoisotopic (exact) mass is 273 g/mol. The van der Waals surface area contributed by atoms with E-state index in [1.54, 1.807) is 35.3 Å². The molecule has 0 spiro atoms. The second kappa shape index (κ2) is 5.10. The van der Waals surface area contributed by atoms with Crippen molar-refractivity contribution in [2.75, 3.05) is 0 Å². The Morgan fingerprint density at radius 2 is 2.19 bits per heavy atom. The highest BCUT2D eigenvalue weighted by Gasteiger charge is 2.13. The highest BCUT2D eigenvalue weighted by atomic mass is 35.5. The van der Waals surface area contributed by atoms with Gasteiger partial charge in [0.2, 0.25) is 0 Å². The third kappa shape index (κ3) is 2.71. The molecule has 0 amide bonds. The molecule has 0 aromatic carbocycles. The molecular weight excluding hydrogens is 265 g/mol. The Bertz CT molecular complexity index is 473. The zero-order valence-electron chi connectivity index (χ0n) is 8.23. The molecule has 2 heterocycles. The Balaban J connectivity index is 2.17. The minimum Gasteiger partial charge on any atom is -0.322 e. The molecule has 2 aromatic rings. The summed E-state index contributed by atoms with van der Waals surface area (Å²) in [5, 5.41) is 1.02. The molecule has 6 heteroatoms. The van der Waals surface area contributed by atoms with Gasteiger partial charge in [-0.3, -0.25) is 9.97 Å². The van der Waals surface area contributed by atoms with Crippen LogP contribution < -0.4 is 5.73 Å². The van der Waals surface area contributed by atoms with Crippen molar-refractivity contribution in [3.05, 3.63) is 44.6 Å². The average Bonchev–Trinajstić information content (AvgIpc) is 2.70. The summed E-state index contributed by atoms with van der Waals surface area (Å²) in [5.74, 6) is 0. The van der Waals surface area contributed by atoms with Crippen LogP contribution in [0.4, 0.5) is 0 Å². The minimum atomic E-state index is -0.231. The molecule has 0 aliphatic heterocycles. The van der Waals surface area contributed by atoms with Crippen LogP contribution in [-0.2, 0) is 6.42 Å². The summed E-state index contributed by atoms with van der Waals surface area (Å²) in [6.07, 6.45) is 4.03. The van der Waals surface area contributed by atoms with E-state index >= 15 is 0 Å². The largest absolute Gasteiger partial charge is 0.322 e. The van der Waals surface area contributed by atoms with E-state index in [1.165, 1.54) is 0 Å². The zero-order valence-corrected chi connectivity index (χ0v) is 10.6. The van der Waals surface area contributed by atoms with E-state index in [1.807, 2.05) is 0 Å². The number of hydrogen-bond donors (Lipinski definition) is 1. The van der Waals surface area contributed by atoms with E-state index in [0.29, 0.717) is 22.2 Å². The molecule has 16 heavy (non-hydrogen) atoms. The summed E-state index contributed by atoms with van der Waals surface area (Å²) in [5.41, 5.74) is 8.47. The molecule has 2 aromatic heterocycles. The smallest absolute Gasteiger partial charge is 0.0794 e. The van der Waals surface area contributed by atoms with Crippen LogP contribution in [0.5, 0.6) is 0 Å². The summed E-state index contributed by atoms with van der Waals surface area (Å²) in [6.45, 7) is 0. The van der Waals surface area contributed by atoms with Gasteiger partial charge in [0.25, 0.3) is 0 Å². The highest BCUT2D eigenvalue weighted by molar-refractivity contribution is 7.09. The lowest BCUT2D eigenvalue weighted by Gasteiger charge is -2.11. The Kier molecular flexibility index (Phi) is 3.76. The second-order valence-electron chi connectivity index (χ2n) is 3.30. The fraction of sp³-hybridized carbons (Fsp3) is 0.200. The van der Waals surface area contributed by atoms with Gasteiger partial charge in [0, 0.05) is 23.7 Å². The maximum Gasteiger partial charge on any atom is 0.0794 e. The number of halogens is 2. The number of aromatic nitrogens is 2. The van der Waals surface area contributed by atoms with Crippen molar-refractivity contribution in [3.63, 3.8) is 0 Å². The van der Waals surface area contributed by atoms with Crippen molar-refractivity contribution in [1.82, 2.24) is 9.97 Å². The van der Waals surface area contributed by atoms with Gasteiger partial charge in [-0.25, -0.2) is 0 Å². The van der Waals surface area contributed by atoms with Crippen molar-refractivity contribution >= 4 is 34.5 Å². The lowest BCUT2D eigenvalue weighted by molar-refractivity contribution is 0.703. The predicted molar refractivity (Wildman–Crippen MR) is 67.0 cm³/mol. The zero-order chi connectivity index (χ0) is 11.5. The van der Waals surface area contributed by atoms with Gasteiger partial charge in [-0.1, -0.05) is 23.2 Å². The van der Waals surface area contributed by atoms with Gasteiger partial charge in [0.05, 0.1) is 27.3 Å². The first kappa shape index (κ1) is 11.8. The number of thiazole rings is 1. The maximum absolute atomic E-state index is 6.03. The molecule has 3 nitrogen and oxygen atoms in total. The molecule has 0 fully saturated rings. The van der Waals surface area contributed by atoms with E-state index in [4.69, 9.17) is 28.9 Å². The third-order valence-electron chi connectivity index (χ3n) is 2.09. The predicted octanol–water partition coefficient (Wildman–Crippen LogP) is 3.09. The lowest BCUT2D eigenvalue weighted by atomic mass is 10.1. The van der Waals surface area contributed by atoms with Crippen molar-refractivity contribution in [2.45, 2.75) is 12.5 Å². The van der Waals surface area contributed by atoms with E-state index in [0.717, 1.165) is 4.88 Å². The topological polar surface area (TPSA) is 51.8 Å².